The van der Waals surface area contributed by atoms with Gasteiger partial charge in [0.2, 0.25) is 24.5 Å². The van der Waals surface area contributed by atoms with Crippen molar-refractivity contribution in [1.29, 1.82) is 0 Å². The fraction of sp³-hybridized carbons (Fsp3) is 0.667. The van der Waals surface area contributed by atoms with Gasteiger partial charge in [-0.1, -0.05) is 6.07 Å². The van der Waals surface area contributed by atoms with Crippen molar-refractivity contribution in [3.63, 3.8) is 0 Å². The summed E-state index contributed by atoms with van der Waals surface area (Å²) in [5.41, 5.74) is 0.958. The quantitative estimate of drug-likeness (QED) is 0.388. The molecule has 0 unspecified atom stereocenters. The molecule has 4 saturated heterocycles. The third kappa shape index (κ3) is 5.48. The summed E-state index contributed by atoms with van der Waals surface area (Å²) in [5.74, 6) is 0.731. The van der Waals surface area contributed by atoms with Crippen LogP contribution < -0.4 is 14.8 Å². The maximum Gasteiger partial charge on any atom is 0.240 e. The lowest BCUT2D eigenvalue weighted by atomic mass is 10.0. The minimum absolute atomic E-state index is 0.0358. The third-order valence-corrected chi connectivity index (χ3v) is 8.44. The number of hydrogen-bond acceptors (Lipinski definition) is 10. The smallest absolute Gasteiger partial charge is 0.240 e. The second-order valence-corrected chi connectivity index (χ2v) is 11.2. The summed E-state index contributed by atoms with van der Waals surface area (Å²) in [5, 5.41) is 24.2. The molecule has 5 heterocycles. The second-order valence-electron chi connectivity index (χ2n) is 11.2. The number of aliphatic hydroxyl groups is 2. The first-order valence-electron chi connectivity index (χ1n) is 13.8. The second kappa shape index (κ2) is 11.1. The topological polar surface area (TPSA) is 150 Å². The fourth-order valence-electron chi connectivity index (χ4n) is 6.36. The number of carbonyl (C=O) groups is 3. The van der Waals surface area contributed by atoms with Crippen LogP contribution in [0, 0.1) is 0 Å². The van der Waals surface area contributed by atoms with E-state index in [1.807, 2.05) is 18.2 Å². The van der Waals surface area contributed by atoms with Gasteiger partial charge in [0.1, 0.15) is 18.3 Å². The van der Waals surface area contributed by atoms with E-state index in [-0.39, 0.29) is 50.1 Å². The molecule has 7 atom stereocenters. The molecule has 1 aromatic carbocycles. The Morgan fingerprint density at radius 3 is 2.67 bits per heavy atom. The number of rotatable bonds is 2. The van der Waals surface area contributed by atoms with Crippen LogP contribution in [0.1, 0.15) is 25.3 Å². The van der Waals surface area contributed by atoms with Crippen molar-refractivity contribution >= 4 is 17.7 Å². The molecular formula is C27H36N4O9. The van der Waals surface area contributed by atoms with Crippen LogP contribution in [0.25, 0.3) is 0 Å². The predicted molar refractivity (Wildman–Crippen MR) is 137 cm³/mol. The largest absolute Gasteiger partial charge is 0.454 e. The van der Waals surface area contributed by atoms with Crippen LogP contribution in [0.4, 0.5) is 0 Å². The normalized spacial score (nSPS) is 34.7. The molecule has 13 heteroatoms. The number of benzene rings is 1. The Morgan fingerprint density at radius 1 is 1.05 bits per heavy atom. The van der Waals surface area contributed by atoms with Gasteiger partial charge in [0.15, 0.2) is 11.5 Å². The van der Waals surface area contributed by atoms with Crippen LogP contribution in [0.2, 0.25) is 0 Å². The molecule has 6 bridgehead atoms. The van der Waals surface area contributed by atoms with Gasteiger partial charge in [-0.15, -0.1) is 0 Å². The molecule has 0 spiro atoms. The monoisotopic (exact) mass is 560 g/mol. The van der Waals surface area contributed by atoms with Gasteiger partial charge in [0.05, 0.1) is 31.3 Å². The SMILES string of the molecule is CC(=O)N1C[C@@H]2CN(CCO2)C(=O)[C@@H]2C[C@@H](CN2Cc2ccc3c(c2)OCO3)NC(=O)C[C@@H]2O[C@H](C1)[C@@H](O)[C@H]2O. The van der Waals surface area contributed by atoms with E-state index < -0.39 is 36.6 Å². The number of ether oxygens (including phenoxy) is 4. The summed E-state index contributed by atoms with van der Waals surface area (Å²) in [6.07, 6.45) is -4.39. The highest BCUT2D eigenvalue weighted by Gasteiger charge is 2.46. The number of nitrogens with zero attached hydrogens (tertiary/aromatic N) is 3. The zero-order valence-electron chi connectivity index (χ0n) is 22.4. The van der Waals surface area contributed by atoms with Crippen LogP contribution in [-0.2, 0) is 30.4 Å². The summed E-state index contributed by atoms with van der Waals surface area (Å²) in [6, 6.07) is 4.96. The zero-order chi connectivity index (χ0) is 28.0. The molecule has 40 heavy (non-hydrogen) atoms. The first kappa shape index (κ1) is 27.2. The number of morpholine rings is 1. The average molecular weight is 561 g/mol. The number of carbonyl (C=O) groups excluding carboxylic acids is 3. The Labute approximate surface area is 231 Å². The molecule has 6 rings (SSSR count). The van der Waals surface area contributed by atoms with E-state index in [4.69, 9.17) is 18.9 Å². The molecule has 0 radical (unpaired) electrons. The number of aliphatic hydroxyl groups excluding tert-OH is 2. The highest BCUT2D eigenvalue weighted by atomic mass is 16.7. The molecule has 3 N–H and O–H groups in total. The summed E-state index contributed by atoms with van der Waals surface area (Å²) in [4.78, 5) is 44.7. The highest BCUT2D eigenvalue weighted by molar-refractivity contribution is 5.83. The van der Waals surface area contributed by atoms with E-state index in [0.717, 1.165) is 5.56 Å². The molecular weight excluding hydrogens is 524 g/mol. The Hall–Kier alpha value is -2.97. The summed E-state index contributed by atoms with van der Waals surface area (Å²) >= 11 is 0. The summed E-state index contributed by atoms with van der Waals surface area (Å²) in [6.45, 7) is 3.85. The van der Waals surface area contributed by atoms with Gasteiger partial charge in [-0.05, 0) is 24.1 Å². The van der Waals surface area contributed by atoms with E-state index >= 15 is 0 Å². The number of fused-ring (bicyclic) bond motifs is 7. The van der Waals surface area contributed by atoms with Crippen LogP contribution in [0.5, 0.6) is 11.5 Å². The number of likely N-dealkylation sites (tertiary alicyclic amines) is 1. The number of nitrogens with one attached hydrogen (secondary N) is 1. The van der Waals surface area contributed by atoms with E-state index in [1.165, 1.54) is 11.8 Å². The van der Waals surface area contributed by atoms with E-state index in [1.54, 1.807) is 4.90 Å². The maximum absolute atomic E-state index is 13.9. The highest BCUT2D eigenvalue weighted by Crippen LogP contribution is 2.34. The van der Waals surface area contributed by atoms with Crippen LogP contribution >= 0.6 is 0 Å². The molecule has 0 aliphatic carbocycles. The van der Waals surface area contributed by atoms with Gasteiger partial charge in [-0.25, -0.2) is 0 Å². The molecule has 13 nitrogen and oxygen atoms in total. The van der Waals surface area contributed by atoms with Crippen LogP contribution in [0.3, 0.4) is 0 Å². The van der Waals surface area contributed by atoms with Crippen molar-refractivity contribution < 1.29 is 43.5 Å². The molecule has 1 aromatic rings. The molecule has 218 valence electrons. The molecule has 4 fully saturated rings. The van der Waals surface area contributed by atoms with Crippen molar-refractivity contribution in [2.75, 3.05) is 46.1 Å². The fourth-order valence-corrected chi connectivity index (χ4v) is 6.36. The summed E-state index contributed by atoms with van der Waals surface area (Å²) < 4.78 is 22.8. The molecule has 0 saturated carbocycles. The predicted octanol–water partition coefficient (Wildman–Crippen LogP) is -1.56. The number of hydrogen-bond donors (Lipinski definition) is 3. The molecule has 5 aliphatic heterocycles. The van der Waals surface area contributed by atoms with Crippen molar-refractivity contribution in [2.24, 2.45) is 0 Å². The molecule has 3 amide bonds. The van der Waals surface area contributed by atoms with Gasteiger partial charge in [0, 0.05) is 52.2 Å². The lowest BCUT2D eigenvalue weighted by molar-refractivity contribution is -0.146. The lowest BCUT2D eigenvalue weighted by Crippen LogP contribution is -2.55. The Bertz CT molecular complexity index is 1150. The van der Waals surface area contributed by atoms with Gasteiger partial charge in [-0.2, -0.15) is 0 Å². The summed E-state index contributed by atoms with van der Waals surface area (Å²) in [7, 11) is 0. The van der Waals surface area contributed by atoms with Gasteiger partial charge >= 0.3 is 0 Å². The standard InChI is InChI=1S/C27H36N4O9/c1-15(32)30-12-18-11-29(4-5-37-18)27(36)19-7-17(28-24(33)8-22-25(34)26(35)23(13-30)40-22)10-31(19)9-16-2-3-20-21(6-16)39-14-38-20/h2-3,6,17-19,22-23,25-26,34-35H,4-5,7-14H2,1H3,(H,28,33)/t17-,18-,19-,22-,23+,25-,26+/m0/s1. The number of amides is 3. The van der Waals surface area contributed by atoms with Crippen LogP contribution in [0.15, 0.2) is 18.2 Å². The molecule has 5 aliphatic rings. The maximum atomic E-state index is 13.9. The first-order valence-corrected chi connectivity index (χ1v) is 13.8. The first-order chi connectivity index (χ1) is 19.2. The van der Waals surface area contributed by atoms with E-state index in [2.05, 4.69) is 10.2 Å². The Morgan fingerprint density at radius 2 is 1.85 bits per heavy atom. The van der Waals surface area contributed by atoms with E-state index in [9.17, 15) is 24.6 Å². The Kier molecular flexibility index (Phi) is 7.57. The van der Waals surface area contributed by atoms with Crippen molar-refractivity contribution in [2.45, 2.75) is 68.9 Å². The van der Waals surface area contributed by atoms with Crippen molar-refractivity contribution in [3.8, 4) is 11.5 Å². The van der Waals surface area contributed by atoms with Crippen molar-refractivity contribution in [1.82, 2.24) is 20.0 Å². The average Bonchev–Trinajstić information content (AvgIpc) is 3.62. The Balaban J connectivity index is 1.25. The van der Waals surface area contributed by atoms with E-state index in [0.29, 0.717) is 50.7 Å². The van der Waals surface area contributed by atoms with Crippen LogP contribution in [-0.4, -0.2) is 131 Å². The van der Waals surface area contributed by atoms with Gasteiger partial charge in [0.25, 0.3) is 0 Å². The molecule has 0 aromatic heterocycles. The van der Waals surface area contributed by atoms with Crippen molar-refractivity contribution in [3.05, 3.63) is 23.8 Å². The minimum atomic E-state index is -1.26. The van der Waals surface area contributed by atoms with Gasteiger partial charge < -0.3 is 44.3 Å². The zero-order valence-corrected chi connectivity index (χ0v) is 22.4. The lowest BCUT2D eigenvalue weighted by Gasteiger charge is -2.38. The van der Waals surface area contributed by atoms with Gasteiger partial charge in [-0.3, -0.25) is 19.3 Å². The minimum Gasteiger partial charge on any atom is -0.454 e. The third-order valence-electron chi connectivity index (χ3n) is 8.44.